The molecule has 1 saturated heterocycles. The zero-order chi connectivity index (χ0) is 11.8. The van der Waals surface area contributed by atoms with Crippen molar-refractivity contribution in [3.8, 4) is 0 Å². The van der Waals surface area contributed by atoms with Crippen LogP contribution < -0.4 is 4.90 Å². The highest BCUT2D eigenvalue weighted by atomic mass is 35.5. The van der Waals surface area contributed by atoms with Gasteiger partial charge in [-0.3, -0.25) is 0 Å². The summed E-state index contributed by atoms with van der Waals surface area (Å²) >= 11 is 6.03. The molecule has 0 saturated carbocycles. The predicted molar refractivity (Wildman–Crippen MR) is 66.5 cm³/mol. The third kappa shape index (κ3) is 1.85. The number of hydrogen-bond acceptors (Lipinski definition) is 4. The largest absolute Gasteiger partial charge is 0.377 e. The average Bonchev–Trinajstić information content (AvgIpc) is 2.76. The van der Waals surface area contributed by atoms with Gasteiger partial charge in [0.1, 0.15) is 10.7 Å². The molecule has 1 aliphatic rings. The zero-order valence-corrected chi connectivity index (χ0v) is 10.2. The van der Waals surface area contributed by atoms with Crippen LogP contribution in [0.3, 0.4) is 0 Å². The monoisotopic (exact) mass is 252 g/mol. The summed E-state index contributed by atoms with van der Waals surface area (Å²) in [6.45, 7) is 4.35. The summed E-state index contributed by atoms with van der Waals surface area (Å²) in [6, 6.07) is 2.08. The Balaban J connectivity index is 2.11. The molecule has 3 heterocycles. The number of imidazole rings is 1. The van der Waals surface area contributed by atoms with Gasteiger partial charge in [0, 0.05) is 12.6 Å². The van der Waals surface area contributed by atoms with Crippen LogP contribution in [0, 0.1) is 0 Å². The van der Waals surface area contributed by atoms with E-state index in [-0.39, 0.29) is 6.04 Å². The van der Waals surface area contributed by atoms with Crippen LogP contribution in [-0.2, 0) is 4.74 Å². The summed E-state index contributed by atoms with van der Waals surface area (Å²) in [6.07, 6.45) is 1.66. The van der Waals surface area contributed by atoms with Gasteiger partial charge in [-0.15, -0.1) is 0 Å². The van der Waals surface area contributed by atoms with Crippen LogP contribution >= 0.6 is 11.6 Å². The van der Waals surface area contributed by atoms with Crippen molar-refractivity contribution in [1.82, 2.24) is 15.0 Å². The lowest BCUT2D eigenvalue weighted by Crippen LogP contribution is -2.44. The molecule has 0 unspecified atom stereocenters. The van der Waals surface area contributed by atoms with E-state index in [1.807, 2.05) is 0 Å². The SMILES string of the molecule is C[C@@H]1COCCN1c1nc(Cl)cc2[nH]cnc12. The maximum absolute atomic E-state index is 6.03. The first-order valence-corrected chi connectivity index (χ1v) is 5.97. The summed E-state index contributed by atoms with van der Waals surface area (Å²) in [5.41, 5.74) is 1.78. The lowest BCUT2D eigenvalue weighted by atomic mass is 10.2. The number of pyridine rings is 1. The van der Waals surface area contributed by atoms with E-state index in [2.05, 4.69) is 26.8 Å². The van der Waals surface area contributed by atoms with Crippen LogP contribution in [0.4, 0.5) is 5.82 Å². The van der Waals surface area contributed by atoms with Gasteiger partial charge in [-0.1, -0.05) is 11.6 Å². The highest BCUT2D eigenvalue weighted by Gasteiger charge is 2.23. The molecule has 0 spiro atoms. The first-order valence-electron chi connectivity index (χ1n) is 5.60. The van der Waals surface area contributed by atoms with Gasteiger partial charge < -0.3 is 14.6 Å². The van der Waals surface area contributed by atoms with Crippen LogP contribution in [0.1, 0.15) is 6.92 Å². The topological polar surface area (TPSA) is 54.0 Å². The standard InChI is InChI=1S/C11H13ClN4O/c1-7-5-17-3-2-16(7)11-10-8(13-6-14-10)4-9(12)15-11/h4,6-7H,2-3,5H2,1H3,(H,13,14)/t7-/m1/s1. The van der Waals surface area contributed by atoms with Crippen LogP contribution in [-0.4, -0.2) is 40.8 Å². The van der Waals surface area contributed by atoms with E-state index < -0.39 is 0 Å². The van der Waals surface area contributed by atoms with E-state index in [4.69, 9.17) is 16.3 Å². The molecule has 0 radical (unpaired) electrons. The molecule has 2 aromatic heterocycles. The maximum Gasteiger partial charge on any atom is 0.158 e. The number of nitrogens with one attached hydrogen (secondary N) is 1. The summed E-state index contributed by atoms with van der Waals surface area (Å²) in [5, 5.41) is 0.482. The maximum atomic E-state index is 6.03. The number of nitrogens with zero attached hydrogens (tertiary/aromatic N) is 3. The minimum Gasteiger partial charge on any atom is -0.377 e. The number of ether oxygens (including phenoxy) is 1. The number of hydrogen-bond donors (Lipinski definition) is 1. The Morgan fingerprint density at radius 3 is 3.29 bits per heavy atom. The van der Waals surface area contributed by atoms with Crippen LogP contribution in [0.2, 0.25) is 5.15 Å². The number of aromatic nitrogens is 3. The highest BCUT2D eigenvalue weighted by Crippen LogP contribution is 2.27. The molecule has 5 nitrogen and oxygen atoms in total. The van der Waals surface area contributed by atoms with Crippen molar-refractivity contribution in [3.05, 3.63) is 17.5 Å². The summed E-state index contributed by atoms with van der Waals surface area (Å²) < 4.78 is 5.43. The Labute approximate surface area is 104 Å². The normalized spacial score (nSPS) is 21.1. The molecule has 0 bridgehead atoms. The Hall–Kier alpha value is -1.33. The third-order valence-corrected chi connectivity index (χ3v) is 3.19. The number of rotatable bonds is 1. The Morgan fingerprint density at radius 1 is 1.59 bits per heavy atom. The fourth-order valence-electron chi connectivity index (χ4n) is 2.14. The molecule has 90 valence electrons. The van der Waals surface area contributed by atoms with Crippen molar-refractivity contribution in [1.29, 1.82) is 0 Å². The van der Waals surface area contributed by atoms with Gasteiger partial charge in [0.2, 0.25) is 0 Å². The molecule has 1 aliphatic heterocycles. The fourth-order valence-corrected chi connectivity index (χ4v) is 2.33. The smallest absolute Gasteiger partial charge is 0.158 e. The molecule has 17 heavy (non-hydrogen) atoms. The van der Waals surface area contributed by atoms with E-state index in [9.17, 15) is 0 Å². The predicted octanol–water partition coefficient (Wildman–Crippen LogP) is 1.84. The van der Waals surface area contributed by atoms with E-state index in [1.54, 1.807) is 12.4 Å². The van der Waals surface area contributed by atoms with Gasteiger partial charge in [-0.25, -0.2) is 9.97 Å². The number of anilines is 1. The van der Waals surface area contributed by atoms with Crippen molar-refractivity contribution in [2.24, 2.45) is 0 Å². The molecule has 0 amide bonds. The molecule has 0 aromatic carbocycles. The molecular weight excluding hydrogens is 240 g/mol. The Bertz CT molecular complexity index is 541. The molecule has 6 heteroatoms. The highest BCUT2D eigenvalue weighted by molar-refractivity contribution is 6.30. The van der Waals surface area contributed by atoms with Gasteiger partial charge in [0.25, 0.3) is 0 Å². The molecule has 1 N–H and O–H groups in total. The summed E-state index contributed by atoms with van der Waals surface area (Å²) in [7, 11) is 0. The number of halogens is 1. The number of morpholine rings is 1. The van der Waals surface area contributed by atoms with Crippen molar-refractivity contribution < 1.29 is 4.74 Å². The van der Waals surface area contributed by atoms with Crippen molar-refractivity contribution in [2.75, 3.05) is 24.7 Å². The molecule has 3 rings (SSSR count). The van der Waals surface area contributed by atoms with Crippen molar-refractivity contribution in [3.63, 3.8) is 0 Å². The number of aromatic amines is 1. The fraction of sp³-hybridized carbons (Fsp3) is 0.455. The molecule has 1 atom stereocenters. The quantitative estimate of drug-likeness (QED) is 0.787. The second-order valence-electron chi connectivity index (χ2n) is 4.18. The van der Waals surface area contributed by atoms with Gasteiger partial charge in [0.15, 0.2) is 5.82 Å². The summed E-state index contributed by atoms with van der Waals surface area (Å²) in [5.74, 6) is 0.838. The summed E-state index contributed by atoms with van der Waals surface area (Å²) in [4.78, 5) is 14.0. The first kappa shape index (κ1) is 10.8. The van der Waals surface area contributed by atoms with Crippen molar-refractivity contribution in [2.45, 2.75) is 13.0 Å². The lowest BCUT2D eigenvalue weighted by Gasteiger charge is -2.34. The average molecular weight is 253 g/mol. The van der Waals surface area contributed by atoms with Crippen LogP contribution in [0.5, 0.6) is 0 Å². The van der Waals surface area contributed by atoms with Gasteiger partial charge in [0.05, 0.1) is 31.1 Å². The minimum absolute atomic E-state index is 0.287. The minimum atomic E-state index is 0.287. The van der Waals surface area contributed by atoms with Crippen LogP contribution in [0.25, 0.3) is 11.0 Å². The molecular formula is C11H13ClN4O. The second-order valence-corrected chi connectivity index (χ2v) is 4.57. The number of H-pyrrole nitrogens is 1. The molecule has 0 aliphatic carbocycles. The molecule has 2 aromatic rings. The van der Waals surface area contributed by atoms with Gasteiger partial charge in [-0.05, 0) is 6.92 Å². The van der Waals surface area contributed by atoms with Crippen LogP contribution in [0.15, 0.2) is 12.4 Å². The lowest BCUT2D eigenvalue weighted by molar-refractivity contribution is 0.0987. The zero-order valence-electron chi connectivity index (χ0n) is 9.48. The first-order chi connectivity index (χ1) is 8.25. The Kier molecular flexibility index (Phi) is 2.64. The number of fused-ring (bicyclic) bond motifs is 1. The van der Waals surface area contributed by atoms with E-state index in [0.29, 0.717) is 18.4 Å². The van der Waals surface area contributed by atoms with E-state index in [0.717, 1.165) is 23.4 Å². The van der Waals surface area contributed by atoms with E-state index >= 15 is 0 Å². The third-order valence-electron chi connectivity index (χ3n) is 3.00. The Morgan fingerprint density at radius 2 is 2.47 bits per heavy atom. The van der Waals surface area contributed by atoms with Gasteiger partial charge >= 0.3 is 0 Å². The molecule has 1 fully saturated rings. The van der Waals surface area contributed by atoms with Gasteiger partial charge in [-0.2, -0.15) is 0 Å². The van der Waals surface area contributed by atoms with E-state index in [1.165, 1.54) is 0 Å². The second kappa shape index (κ2) is 4.16. The van der Waals surface area contributed by atoms with Crippen molar-refractivity contribution >= 4 is 28.5 Å².